The summed E-state index contributed by atoms with van der Waals surface area (Å²) in [6.07, 6.45) is 1.43. The predicted octanol–water partition coefficient (Wildman–Crippen LogP) is 0.877. The Balaban J connectivity index is 1.90. The van der Waals surface area contributed by atoms with Crippen molar-refractivity contribution in [3.05, 3.63) is 17.5 Å². The molecule has 2 aliphatic rings. The second-order valence-corrected chi connectivity index (χ2v) is 4.25. The van der Waals surface area contributed by atoms with Crippen molar-refractivity contribution in [1.82, 2.24) is 15.1 Å². The number of amides is 2. The summed E-state index contributed by atoms with van der Waals surface area (Å²) in [6.45, 7) is 0.495. The van der Waals surface area contributed by atoms with E-state index in [9.17, 15) is 10.0 Å². The number of urea groups is 1. The van der Waals surface area contributed by atoms with Crippen LogP contribution < -0.4 is 0 Å². The van der Waals surface area contributed by atoms with Crippen LogP contribution in [0, 0.1) is 11.3 Å². The van der Waals surface area contributed by atoms with Gasteiger partial charge in [-0.15, -0.1) is 0 Å². The molecule has 0 spiro atoms. The topological polar surface area (TPSA) is 93.6 Å². The van der Waals surface area contributed by atoms with Crippen LogP contribution in [0.15, 0.2) is 10.6 Å². The van der Waals surface area contributed by atoms with Gasteiger partial charge in [0.25, 0.3) is 0 Å². The maximum Gasteiger partial charge on any atom is 0.344 e. The van der Waals surface area contributed by atoms with E-state index in [4.69, 9.17) is 9.78 Å². The zero-order valence-corrected chi connectivity index (χ0v) is 8.91. The Morgan fingerprint density at radius 3 is 3.12 bits per heavy atom. The van der Waals surface area contributed by atoms with E-state index in [1.807, 2.05) is 6.07 Å². The molecule has 0 aliphatic carbocycles. The molecule has 2 saturated heterocycles. The number of rotatable bonds is 1. The SMILES string of the molecule is N#Cc1cc([C@@H]2CC[C@@H]3CN2C(=O)N3O)no1. The van der Waals surface area contributed by atoms with Gasteiger partial charge in [-0.1, -0.05) is 5.16 Å². The lowest BCUT2D eigenvalue weighted by molar-refractivity contribution is -0.0584. The van der Waals surface area contributed by atoms with E-state index in [-0.39, 0.29) is 17.8 Å². The Morgan fingerprint density at radius 2 is 2.41 bits per heavy atom. The highest BCUT2D eigenvalue weighted by atomic mass is 16.5. The summed E-state index contributed by atoms with van der Waals surface area (Å²) in [7, 11) is 0. The fraction of sp³-hybridized carbons (Fsp3) is 0.500. The van der Waals surface area contributed by atoms with Crippen molar-refractivity contribution in [2.24, 2.45) is 0 Å². The van der Waals surface area contributed by atoms with E-state index in [0.717, 1.165) is 11.5 Å². The largest absolute Gasteiger partial charge is 0.345 e. The molecule has 7 heteroatoms. The van der Waals surface area contributed by atoms with Crippen molar-refractivity contribution in [3.8, 4) is 6.07 Å². The normalized spacial score (nSPS) is 27.4. The van der Waals surface area contributed by atoms with Crippen LogP contribution in [-0.2, 0) is 0 Å². The minimum absolute atomic E-state index is 0.124. The first-order valence-electron chi connectivity index (χ1n) is 5.36. The van der Waals surface area contributed by atoms with E-state index >= 15 is 0 Å². The fourth-order valence-electron chi connectivity index (χ4n) is 2.46. The summed E-state index contributed by atoms with van der Waals surface area (Å²) in [5.74, 6) is 0.134. The summed E-state index contributed by atoms with van der Waals surface area (Å²) in [5.41, 5.74) is 0.573. The Labute approximate surface area is 96.8 Å². The van der Waals surface area contributed by atoms with Gasteiger partial charge in [-0.05, 0) is 12.8 Å². The molecule has 1 N–H and O–H groups in total. The van der Waals surface area contributed by atoms with Gasteiger partial charge in [-0.25, -0.2) is 9.86 Å². The lowest BCUT2D eigenvalue weighted by atomic mass is 9.98. The second kappa shape index (κ2) is 3.46. The van der Waals surface area contributed by atoms with Crippen molar-refractivity contribution < 1.29 is 14.5 Å². The summed E-state index contributed by atoms with van der Waals surface area (Å²) in [5, 5.41) is 22.8. The molecule has 2 fully saturated rings. The minimum atomic E-state index is -0.404. The maximum absolute atomic E-state index is 11.7. The molecule has 0 unspecified atom stereocenters. The number of hydrogen-bond acceptors (Lipinski definition) is 5. The first-order valence-corrected chi connectivity index (χ1v) is 5.36. The summed E-state index contributed by atoms with van der Waals surface area (Å²) in [4.78, 5) is 13.3. The van der Waals surface area contributed by atoms with Crippen molar-refractivity contribution >= 4 is 6.03 Å². The molecule has 3 heterocycles. The van der Waals surface area contributed by atoms with Gasteiger partial charge in [0.1, 0.15) is 11.8 Å². The Morgan fingerprint density at radius 1 is 1.59 bits per heavy atom. The highest BCUT2D eigenvalue weighted by Gasteiger charge is 2.45. The number of nitriles is 1. The molecule has 1 aromatic rings. The predicted molar refractivity (Wildman–Crippen MR) is 52.7 cm³/mol. The van der Waals surface area contributed by atoms with E-state index in [1.165, 1.54) is 6.07 Å². The lowest BCUT2D eigenvalue weighted by Crippen LogP contribution is -2.34. The van der Waals surface area contributed by atoms with Gasteiger partial charge in [0, 0.05) is 12.6 Å². The van der Waals surface area contributed by atoms with E-state index in [0.29, 0.717) is 18.7 Å². The number of hydrogen-bond donors (Lipinski definition) is 1. The number of hydroxylamine groups is 2. The highest BCUT2D eigenvalue weighted by molar-refractivity contribution is 5.76. The average Bonchev–Trinajstić information content (AvgIpc) is 2.91. The van der Waals surface area contributed by atoms with Crippen LogP contribution in [0.5, 0.6) is 0 Å². The summed E-state index contributed by atoms with van der Waals surface area (Å²) in [6, 6.07) is 2.66. The molecule has 7 nitrogen and oxygen atoms in total. The molecule has 2 amide bonds. The van der Waals surface area contributed by atoms with Gasteiger partial charge in [0.05, 0.1) is 12.1 Å². The number of piperidine rings is 1. The Bertz CT molecular complexity index is 506. The number of carbonyl (C=O) groups is 1. The van der Waals surface area contributed by atoms with Crippen LogP contribution in [0.3, 0.4) is 0 Å². The fourth-order valence-corrected chi connectivity index (χ4v) is 2.46. The lowest BCUT2D eigenvalue weighted by Gasteiger charge is -2.28. The molecule has 3 rings (SSSR count). The quantitative estimate of drug-likeness (QED) is 0.728. The van der Waals surface area contributed by atoms with Crippen LogP contribution in [0.25, 0.3) is 0 Å². The van der Waals surface area contributed by atoms with Crippen LogP contribution in [0.4, 0.5) is 4.79 Å². The molecule has 0 saturated carbocycles. The van der Waals surface area contributed by atoms with E-state index in [2.05, 4.69) is 5.16 Å². The first-order chi connectivity index (χ1) is 8.20. The zero-order chi connectivity index (χ0) is 12.0. The van der Waals surface area contributed by atoms with Gasteiger partial charge in [0.2, 0.25) is 5.76 Å². The van der Waals surface area contributed by atoms with Crippen molar-refractivity contribution in [2.75, 3.05) is 6.54 Å². The third kappa shape index (κ3) is 1.38. The van der Waals surface area contributed by atoms with Crippen LogP contribution >= 0.6 is 0 Å². The van der Waals surface area contributed by atoms with Gasteiger partial charge < -0.3 is 9.42 Å². The van der Waals surface area contributed by atoms with Crippen LogP contribution in [0.1, 0.15) is 30.3 Å². The highest BCUT2D eigenvalue weighted by Crippen LogP contribution is 2.37. The molecular formula is C10H10N4O3. The third-order valence-electron chi connectivity index (χ3n) is 3.32. The molecule has 0 radical (unpaired) electrons. The molecular weight excluding hydrogens is 224 g/mol. The number of carbonyl (C=O) groups excluding carboxylic acids is 1. The first kappa shape index (κ1) is 10.1. The zero-order valence-electron chi connectivity index (χ0n) is 8.91. The minimum Gasteiger partial charge on any atom is -0.345 e. The Kier molecular flexibility index (Phi) is 2.06. The molecule has 2 aliphatic heterocycles. The Hall–Kier alpha value is -2.07. The second-order valence-electron chi connectivity index (χ2n) is 4.25. The molecule has 2 atom stereocenters. The maximum atomic E-state index is 11.7. The summed E-state index contributed by atoms with van der Waals surface area (Å²) >= 11 is 0. The molecule has 1 aromatic heterocycles. The van der Waals surface area contributed by atoms with Gasteiger partial charge in [0.15, 0.2) is 0 Å². The molecule has 0 aromatic carbocycles. The van der Waals surface area contributed by atoms with Gasteiger partial charge in [-0.3, -0.25) is 5.21 Å². The third-order valence-corrected chi connectivity index (χ3v) is 3.32. The number of fused-ring (bicyclic) bond motifs is 2. The average molecular weight is 234 g/mol. The number of nitrogens with zero attached hydrogens (tertiary/aromatic N) is 4. The molecule has 88 valence electrons. The number of aromatic nitrogens is 1. The smallest absolute Gasteiger partial charge is 0.344 e. The molecule has 2 bridgehead atoms. The van der Waals surface area contributed by atoms with Crippen molar-refractivity contribution in [1.29, 1.82) is 5.26 Å². The van der Waals surface area contributed by atoms with Crippen LogP contribution in [0.2, 0.25) is 0 Å². The van der Waals surface area contributed by atoms with E-state index in [1.54, 1.807) is 4.90 Å². The van der Waals surface area contributed by atoms with Crippen LogP contribution in [-0.4, -0.2) is 38.9 Å². The summed E-state index contributed by atoms with van der Waals surface area (Å²) < 4.78 is 4.81. The van der Waals surface area contributed by atoms with Gasteiger partial charge >= 0.3 is 6.03 Å². The monoisotopic (exact) mass is 234 g/mol. The van der Waals surface area contributed by atoms with E-state index < -0.39 is 6.03 Å². The standard InChI is InChI=1S/C10H10N4O3/c11-4-7-3-8(12-17-7)9-2-1-6-5-13(9)10(15)14(6)16/h3,6,9,16H,1-2,5H2/t6-,9+/m1/s1. The van der Waals surface area contributed by atoms with Crippen molar-refractivity contribution in [3.63, 3.8) is 0 Å². The van der Waals surface area contributed by atoms with Crippen molar-refractivity contribution in [2.45, 2.75) is 24.9 Å². The van der Waals surface area contributed by atoms with Gasteiger partial charge in [-0.2, -0.15) is 5.26 Å². The molecule has 17 heavy (non-hydrogen) atoms.